The second-order valence-corrected chi connectivity index (χ2v) is 5.61. The summed E-state index contributed by atoms with van der Waals surface area (Å²) in [5.41, 5.74) is 1.01. The Kier molecular flexibility index (Phi) is 3.84. The molecule has 0 aliphatic carbocycles. The molecule has 1 atom stereocenters. The summed E-state index contributed by atoms with van der Waals surface area (Å²) in [6.07, 6.45) is 4.36. The van der Waals surface area contributed by atoms with E-state index in [1.807, 2.05) is 12.1 Å². The Labute approximate surface area is 117 Å². The first kappa shape index (κ1) is 12.7. The van der Waals surface area contributed by atoms with Crippen molar-refractivity contribution in [2.75, 3.05) is 19.3 Å². The van der Waals surface area contributed by atoms with Gasteiger partial charge in [0, 0.05) is 17.0 Å². The highest BCUT2D eigenvalue weighted by Gasteiger charge is 2.21. The fraction of sp³-hybridized carbons (Fsp3) is 0.429. The Morgan fingerprint density at radius 3 is 2.84 bits per heavy atom. The minimum Gasteiger partial charge on any atom is -0.339 e. The summed E-state index contributed by atoms with van der Waals surface area (Å²) in [5.74, 6) is 1.81. The van der Waals surface area contributed by atoms with Crippen molar-refractivity contribution in [1.29, 1.82) is 0 Å². The van der Waals surface area contributed by atoms with Crippen LogP contribution in [0.1, 0.15) is 24.7 Å². The van der Waals surface area contributed by atoms with E-state index < -0.39 is 0 Å². The van der Waals surface area contributed by atoms with E-state index >= 15 is 0 Å². The quantitative estimate of drug-likeness (QED) is 0.873. The number of benzene rings is 1. The fourth-order valence-corrected chi connectivity index (χ4v) is 2.73. The van der Waals surface area contributed by atoms with Gasteiger partial charge in [-0.15, -0.1) is 11.8 Å². The van der Waals surface area contributed by atoms with E-state index in [0.29, 0.717) is 11.7 Å². The molecule has 1 aliphatic rings. The van der Waals surface area contributed by atoms with Crippen LogP contribution in [0.2, 0.25) is 0 Å². The SMILES string of the molecule is CSc1ccc(-c2noc([C@H]3CCCNC3)n2)cc1. The smallest absolute Gasteiger partial charge is 0.231 e. The molecule has 1 fully saturated rings. The molecule has 3 rings (SSSR count). The Balaban J connectivity index is 1.79. The summed E-state index contributed by atoms with van der Waals surface area (Å²) in [7, 11) is 0. The lowest BCUT2D eigenvalue weighted by atomic mass is 10.00. The third kappa shape index (κ3) is 2.82. The molecule has 2 heterocycles. The number of piperidine rings is 1. The van der Waals surface area contributed by atoms with Gasteiger partial charge in [-0.3, -0.25) is 0 Å². The van der Waals surface area contributed by atoms with Crippen molar-refractivity contribution in [2.24, 2.45) is 0 Å². The van der Waals surface area contributed by atoms with Crippen LogP contribution in [0.15, 0.2) is 33.7 Å². The van der Waals surface area contributed by atoms with Gasteiger partial charge >= 0.3 is 0 Å². The van der Waals surface area contributed by atoms with Crippen molar-refractivity contribution in [1.82, 2.24) is 15.5 Å². The van der Waals surface area contributed by atoms with Crippen molar-refractivity contribution in [3.63, 3.8) is 0 Å². The summed E-state index contributed by atoms with van der Waals surface area (Å²) in [6, 6.07) is 8.25. The zero-order valence-corrected chi connectivity index (χ0v) is 11.7. The predicted octanol–water partition coefficient (Wildman–Crippen LogP) is 2.93. The van der Waals surface area contributed by atoms with Crippen molar-refractivity contribution < 1.29 is 4.52 Å². The summed E-state index contributed by atoms with van der Waals surface area (Å²) < 4.78 is 5.41. The van der Waals surface area contributed by atoms with E-state index in [1.54, 1.807) is 11.8 Å². The van der Waals surface area contributed by atoms with Gasteiger partial charge in [-0.05, 0) is 49.9 Å². The molecule has 2 aromatic rings. The van der Waals surface area contributed by atoms with Gasteiger partial charge in [0.15, 0.2) is 0 Å². The molecule has 1 aromatic heterocycles. The largest absolute Gasteiger partial charge is 0.339 e. The highest BCUT2D eigenvalue weighted by atomic mass is 32.2. The zero-order valence-electron chi connectivity index (χ0n) is 10.9. The maximum absolute atomic E-state index is 5.41. The van der Waals surface area contributed by atoms with Crippen LogP contribution in [0.5, 0.6) is 0 Å². The molecule has 0 spiro atoms. The topological polar surface area (TPSA) is 51.0 Å². The molecule has 1 saturated heterocycles. The average Bonchev–Trinajstić information content (AvgIpc) is 2.98. The van der Waals surface area contributed by atoms with Gasteiger partial charge in [-0.1, -0.05) is 5.16 Å². The van der Waals surface area contributed by atoms with Crippen LogP contribution in [0.3, 0.4) is 0 Å². The first-order chi connectivity index (χ1) is 9.36. The molecule has 5 heteroatoms. The molecule has 1 aromatic carbocycles. The van der Waals surface area contributed by atoms with Crippen molar-refractivity contribution in [3.8, 4) is 11.4 Å². The normalized spacial score (nSPS) is 19.5. The van der Waals surface area contributed by atoms with Gasteiger partial charge in [0.05, 0.1) is 5.92 Å². The molecule has 0 radical (unpaired) electrons. The van der Waals surface area contributed by atoms with Crippen molar-refractivity contribution in [2.45, 2.75) is 23.7 Å². The molecule has 0 amide bonds. The van der Waals surface area contributed by atoms with Gasteiger partial charge < -0.3 is 9.84 Å². The Morgan fingerprint density at radius 1 is 1.32 bits per heavy atom. The van der Waals surface area contributed by atoms with Crippen LogP contribution in [-0.2, 0) is 0 Å². The summed E-state index contributed by atoms with van der Waals surface area (Å²) in [4.78, 5) is 5.77. The maximum atomic E-state index is 5.41. The van der Waals surface area contributed by atoms with Gasteiger partial charge in [0.2, 0.25) is 11.7 Å². The van der Waals surface area contributed by atoms with Crippen LogP contribution in [0.4, 0.5) is 0 Å². The molecule has 100 valence electrons. The van der Waals surface area contributed by atoms with Crippen molar-refractivity contribution in [3.05, 3.63) is 30.2 Å². The third-order valence-electron chi connectivity index (χ3n) is 3.44. The zero-order chi connectivity index (χ0) is 13.1. The molecule has 0 bridgehead atoms. The minimum absolute atomic E-state index is 0.362. The fourth-order valence-electron chi connectivity index (χ4n) is 2.32. The number of hydrogen-bond acceptors (Lipinski definition) is 5. The van der Waals surface area contributed by atoms with E-state index in [4.69, 9.17) is 4.52 Å². The number of nitrogens with zero attached hydrogens (tertiary/aromatic N) is 2. The molecule has 0 saturated carbocycles. The number of hydrogen-bond donors (Lipinski definition) is 1. The second-order valence-electron chi connectivity index (χ2n) is 4.73. The Morgan fingerprint density at radius 2 is 2.16 bits per heavy atom. The van der Waals surface area contributed by atoms with Gasteiger partial charge in [0.1, 0.15) is 0 Å². The third-order valence-corrected chi connectivity index (χ3v) is 4.18. The van der Waals surface area contributed by atoms with Crippen LogP contribution in [0.25, 0.3) is 11.4 Å². The molecule has 19 heavy (non-hydrogen) atoms. The lowest BCUT2D eigenvalue weighted by Crippen LogP contribution is -2.28. The lowest BCUT2D eigenvalue weighted by Gasteiger charge is -2.18. The van der Waals surface area contributed by atoms with Gasteiger partial charge in [-0.25, -0.2) is 0 Å². The van der Waals surface area contributed by atoms with Gasteiger partial charge in [0.25, 0.3) is 0 Å². The van der Waals surface area contributed by atoms with E-state index in [9.17, 15) is 0 Å². The highest BCUT2D eigenvalue weighted by molar-refractivity contribution is 7.98. The molecular formula is C14H17N3OS. The average molecular weight is 275 g/mol. The Hall–Kier alpha value is -1.33. The summed E-state index contributed by atoms with van der Waals surface area (Å²) in [5, 5.41) is 7.46. The maximum Gasteiger partial charge on any atom is 0.231 e. The monoisotopic (exact) mass is 275 g/mol. The molecule has 1 aliphatic heterocycles. The lowest BCUT2D eigenvalue weighted by molar-refractivity contribution is 0.322. The van der Waals surface area contributed by atoms with Crippen LogP contribution in [-0.4, -0.2) is 29.5 Å². The Bertz CT molecular complexity index is 532. The van der Waals surface area contributed by atoms with E-state index in [-0.39, 0.29) is 0 Å². The summed E-state index contributed by atoms with van der Waals surface area (Å²) in [6.45, 7) is 2.03. The number of aromatic nitrogens is 2. The molecule has 4 nitrogen and oxygen atoms in total. The van der Waals surface area contributed by atoms with Crippen LogP contribution in [0, 0.1) is 0 Å². The second kappa shape index (κ2) is 5.75. The van der Waals surface area contributed by atoms with Gasteiger partial charge in [-0.2, -0.15) is 4.98 Å². The van der Waals surface area contributed by atoms with Crippen molar-refractivity contribution >= 4 is 11.8 Å². The molecular weight excluding hydrogens is 258 g/mol. The van der Waals surface area contributed by atoms with E-state index in [1.165, 1.54) is 11.3 Å². The minimum atomic E-state index is 0.362. The highest BCUT2D eigenvalue weighted by Crippen LogP contribution is 2.25. The molecule has 0 unspecified atom stereocenters. The first-order valence-electron chi connectivity index (χ1n) is 6.55. The standard InChI is InChI=1S/C14H17N3OS/c1-19-12-6-4-10(5-7-12)13-16-14(18-17-13)11-3-2-8-15-9-11/h4-7,11,15H,2-3,8-9H2,1H3/t11-/m0/s1. The molecule has 1 N–H and O–H groups in total. The van der Waals surface area contributed by atoms with Crippen LogP contribution >= 0.6 is 11.8 Å². The van der Waals surface area contributed by atoms with Crippen LogP contribution < -0.4 is 5.32 Å². The number of thioether (sulfide) groups is 1. The van der Waals surface area contributed by atoms with E-state index in [0.717, 1.165) is 31.0 Å². The predicted molar refractivity (Wildman–Crippen MR) is 76.4 cm³/mol. The number of nitrogens with one attached hydrogen (secondary N) is 1. The first-order valence-corrected chi connectivity index (χ1v) is 7.78. The number of rotatable bonds is 3. The summed E-state index contributed by atoms with van der Waals surface area (Å²) >= 11 is 1.73. The van der Waals surface area contributed by atoms with E-state index in [2.05, 4.69) is 33.8 Å².